The maximum Gasteiger partial charge on any atom is 0.141 e. The molecule has 0 spiro atoms. The van der Waals surface area contributed by atoms with Crippen LogP contribution in [-0.2, 0) is 0 Å². The Morgan fingerprint density at radius 2 is 2.00 bits per heavy atom. The highest BCUT2D eigenvalue weighted by atomic mass is 16.3. The van der Waals surface area contributed by atoms with E-state index >= 15 is 0 Å². The van der Waals surface area contributed by atoms with Crippen LogP contribution >= 0.6 is 0 Å². The van der Waals surface area contributed by atoms with Gasteiger partial charge in [-0.25, -0.2) is 0 Å². The van der Waals surface area contributed by atoms with Crippen molar-refractivity contribution in [3.05, 3.63) is 0 Å². The van der Waals surface area contributed by atoms with Crippen molar-refractivity contribution in [3.63, 3.8) is 0 Å². The van der Waals surface area contributed by atoms with Crippen molar-refractivity contribution in [2.75, 3.05) is 0 Å². The maximum atomic E-state index is 8.74. The third-order valence-electron chi connectivity index (χ3n) is 0.749. The molecule has 0 aliphatic heterocycles. The zero-order chi connectivity index (χ0) is 7.28. The molecule has 0 saturated carbocycles. The molecule has 0 rings (SSSR count). The molecule has 2 heteroatoms. The van der Waals surface area contributed by atoms with E-state index in [1.54, 1.807) is 0 Å². The fraction of sp³-hybridized carbons (Fsp3) is 0.429. The van der Waals surface area contributed by atoms with Crippen LogP contribution in [0.5, 0.6) is 0 Å². The SMILES string of the molecule is C#CC#C[C@H](O)[C@H](C)O. The number of aliphatic hydroxyl groups is 2. The molecule has 0 radical (unpaired) electrons. The van der Waals surface area contributed by atoms with Crippen LogP contribution in [0.4, 0.5) is 0 Å². The van der Waals surface area contributed by atoms with Gasteiger partial charge in [-0.2, -0.15) is 0 Å². The molecule has 0 aromatic rings. The van der Waals surface area contributed by atoms with Gasteiger partial charge >= 0.3 is 0 Å². The van der Waals surface area contributed by atoms with Gasteiger partial charge in [-0.3, -0.25) is 0 Å². The summed E-state index contributed by atoms with van der Waals surface area (Å²) in [4.78, 5) is 0. The van der Waals surface area contributed by atoms with Gasteiger partial charge in [0.25, 0.3) is 0 Å². The summed E-state index contributed by atoms with van der Waals surface area (Å²) in [5, 5.41) is 17.4. The number of hydrogen-bond acceptors (Lipinski definition) is 2. The van der Waals surface area contributed by atoms with Crippen molar-refractivity contribution < 1.29 is 10.2 Å². The van der Waals surface area contributed by atoms with Crippen LogP contribution in [0.25, 0.3) is 0 Å². The van der Waals surface area contributed by atoms with Crippen LogP contribution in [-0.4, -0.2) is 22.4 Å². The van der Waals surface area contributed by atoms with E-state index in [4.69, 9.17) is 16.6 Å². The standard InChI is InChI=1S/C7H8O2/c1-3-4-5-7(9)6(2)8/h1,6-9H,2H3/t6-,7-/m0/s1. The Hall–Kier alpha value is -0.960. The van der Waals surface area contributed by atoms with E-state index in [2.05, 4.69) is 11.8 Å². The van der Waals surface area contributed by atoms with Crippen LogP contribution in [0, 0.1) is 24.2 Å². The first-order chi connectivity index (χ1) is 4.18. The summed E-state index contributed by atoms with van der Waals surface area (Å²) in [6.07, 6.45) is 2.89. The molecule has 48 valence electrons. The molecular formula is C7H8O2. The first kappa shape index (κ1) is 8.04. The molecule has 9 heavy (non-hydrogen) atoms. The highest BCUT2D eigenvalue weighted by Crippen LogP contribution is 1.87. The van der Waals surface area contributed by atoms with Gasteiger partial charge in [0.15, 0.2) is 0 Å². The number of terminal acetylenes is 1. The normalized spacial score (nSPS) is 14.4. The lowest BCUT2D eigenvalue weighted by Crippen LogP contribution is -2.19. The lowest BCUT2D eigenvalue weighted by atomic mass is 10.2. The van der Waals surface area contributed by atoms with Crippen molar-refractivity contribution in [2.45, 2.75) is 19.1 Å². The Bertz CT molecular complexity index is 166. The van der Waals surface area contributed by atoms with E-state index in [0.29, 0.717) is 0 Å². The minimum Gasteiger partial charge on any atom is -0.390 e. The van der Waals surface area contributed by atoms with E-state index in [9.17, 15) is 0 Å². The molecular weight excluding hydrogens is 116 g/mol. The number of hydrogen-bond donors (Lipinski definition) is 2. The average Bonchev–Trinajstić information content (AvgIpc) is 1.82. The Morgan fingerprint density at radius 1 is 1.44 bits per heavy atom. The van der Waals surface area contributed by atoms with Crippen LogP contribution in [0.3, 0.4) is 0 Å². The molecule has 2 N–H and O–H groups in total. The lowest BCUT2D eigenvalue weighted by molar-refractivity contribution is 0.0678. The summed E-state index contributed by atoms with van der Waals surface area (Å²) in [6, 6.07) is 0. The Labute approximate surface area is 54.5 Å². The van der Waals surface area contributed by atoms with Crippen molar-refractivity contribution in [3.8, 4) is 24.2 Å². The quantitative estimate of drug-likeness (QED) is 0.457. The van der Waals surface area contributed by atoms with Gasteiger partial charge < -0.3 is 10.2 Å². The molecule has 0 amide bonds. The van der Waals surface area contributed by atoms with Crippen molar-refractivity contribution >= 4 is 0 Å². The predicted molar refractivity (Wildman–Crippen MR) is 34.3 cm³/mol. The van der Waals surface area contributed by atoms with E-state index in [1.807, 2.05) is 5.92 Å². The fourth-order valence-corrected chi connectivity index (χ4v) is 0.236. The Morgan fingerprint density at radius 3 is 2.33 bits per heavy atom. The second-order valence-electron chi connectivity index (χ2n) is 1.60. The first-order valence-corrected chi connectivity index (χ1v) is 2.50. The zero-order valence-corrected chi connectivity index (χ0v) is 5.13. The summed E-state index contributed by atoms with van der Waals surface area (Å²) in [5.74, 6) is 6.47. The van der Waals surface area contributed by atoms with Gasteiger partial charge in [0, 0.05) is 0 Å². The summed E-state index contributed by atoms with van der Waals surface area (Å²) in [7, 11) is 0. The van der Waals surface area contributed by atoms with E-state index < -0.39 is 12.2 Å². The summed E-state index contributed by atoms with van der Waals surface area (Å²) >= 11 is 0. The first-order valence-electron chi connectivity index (χ1n) is 2.50. The molecule has 0 fully saturated rings. The van der Waals surface area contributed by atoms with Gasteiger partial charge in [0.1, 0.15) is 6.10 Å². The van der Waals surface area contributed by atoms with Crippen LogP contribution in [0.1, 0.15) is 6.92 Å². The molecule has 0 aliphatic rings. The molecule has 2 atom stereocenters. The third-order valence-corrected chi connectivity index (χ3v) is 0.749. The summed E-state index contributed by atoms with van der Waals surface area (Å²) < 4.78 is 0. The highest BCUT2D eigenvalue weighted by molar-refractivity contribution is 5.23. The molecule has 0 aliphatic carbocycles. The maximum absolute atomic E-state index is 8.74. The van der Waals surface area contributed by atoms with E-state index in [0.717, 1.165) is 0 Å². The lowest BCUT2D eigenvalue weighted by Gasteiger charge is -2.03. The van der Waals surface area contributed by atoms with Crippen molar-refractivity contribution in [2.24, 2.45) is 0 Å². The highest BCUT2D eigenvalue weighted by Gasteiger charge is 2.04. The minimum absolute atomic E-state index is 0.842. The summed E-state index contributed by atoms with van der Waals surface area (Å²) in [5.41, 5.74) is 0. The van der Waals surface area contributed by atoms with Gasteiger partial charge in [-0.05, 0) is 18.8 Å². The molecule has 0 saturated heterocycles. The van der Waals surface area contributed by atoms with Crippen molar-refractivity contribution in [1.82, 2.24) is 0 Å². The van der Waals surface area contributed by atoms with E-state index in [1.165, 1.54) is 6.92 Å². The second-order valence-corrected chi connectivity index (χ2v) is 1.60. The smallest absolute Gasteiger partial charge is 0.141 e. The monoisotopic (exact) mass is 124 g/mol. The van der Waals surface area contributed by atoms with Crippen LogP contribution in [0.15, 0.2) is 0 Å². The van der Waals surface area contributed by atoms with E-state index in [-0.39, 0.29) is 0 Å². The third kappa shape index (κ3) is 3.61. The van der Waals surface area contributed by atoms with Gasteiger partial charge in [0.2, 0.25) is 0 Å². The van der Waals surface area contributed by atoms with Crippen molar-refractivity contribution in [1.29, 1.82) is 0 Å². The Balaban J connectivity index is 3.79. The van der Waals surface area contributed by atoms with Crippen LogP contribution in [0.2, 0.25) is 0 Å². The molecule has 0 unspecified atom stereocenters. The molecule has 0 heterocycles. The molecule has 2 nitrogen and oxygen atoms in total. The molecule has 0 bridgehead atoms. The predicted octanol–water partition coefficient (Wildman–Crippen LogP) is -0.635. The zero-order valence-electron chi connectivity index (χ0n) is 5.13. The number of aliphatic hydroxyl groups excluding tert-OH is 2. The largest absolute Gasteiger partial charge is 0.390 e. The molecule has 0 aromatic carbocycles. The molecule has 0 aromatic heterocycles. The minimum atomic E-state index is -1.03. The van der Waals surface area contributed by atoms with Crippen LogP contribution < -0.4 is 0 Å². The average molecular weight is 124 g/mol. The fourth-order valence-electron chi connectivity index (χ4n) is 0.236. The Kier molecular flexibility index (Phi) is 3.55. The second kappa shape index (κ2) is 3.97. The topological polar surface area (TPSA) is 40.5 Å². The number of rotatable bonds is 1. The summed E-state index contributed by atoms with van der Waals surface area (Å²) in [6.45, 7) is 1.44. The van der Waals surface area contributed by atoms with Gasteiger partial charge in [-0.15, -0.1) is 6.42 Å². The van der Waals surface area contributed by atoms with Gasteiger partial charge in [-0.1, -0.05) is 5.92 Å². The van der Waals surface area contributed by atoms with Gasteiger partial charge in [0.05, 0.1) is 6.10 Å².